The number of guanidine groups is 1. The van der Waals surface area contributed by atoms with Crippen molar-refractivity contribution in [1.82, 2.24) is 5.32 Å². The summed E-state index contributed by atoms with van der Waals surface area (Å²) in [6.07, 6.45) is 1.02. The van der Waals surface area contributed by atoms with E-state index in [0.717, 1.165) is 0 Å². The molecule has 0 spiro atoms. The Hall–Kier alpha value is -1.79. The number of ether oxygens (including phenoxy) is 1. The van der Waals surface area contributed by atoms with Gasteiger partial charge >= 0.3 is 5.97 Å². The van der Waals surface area contributed by atoms with Crippen LogP contribution in [0.3, 0.4) is 0 Å². The number of nitrogens with one attached hydrogen (secondary N) is 1. The van der Waals surface area contributed by atoms with Gasteiger partial charge in [-0.3, -0.25) is 9.79 Å². The predicted molar refractivity (Wildman–Crippen MR) is 64.1 cm³/mol. The fourth-order valence-electron chi connectivity index (χ4n) is 1.24. The lowest BCUT2D eigenvalue weighted by Gasteiger charge is -2.15. The maximum absolute atomic E-state index is 11.5. The zero-order chi connectivity index (χ0) is 13.3. The van der Waals surface area contributed by atoms with Crippen LogP contribution >= 0.6 is 0 Å². The SMILES string of the molecule is CCOC(=O)C(CCCN=C(N)N)NC(C)=O. The number of hydrogen-bond acceptors (Lipinski definition) is 4. The van der Waals surface area contributed by atoms with Crippen molar-refractivity contribution < 1.29 is 14.3 Å². The quantitative estimate of drug-likeness (QED) is 0.232. The van der Waals surface area contributed by atoms with Gasteiger partial charge in [0.05, 0.1) is 6.61 Å². The smallest absolute Gasteiger partial charge is 0.328 e. The van der Waals surface area contributed by atoms with E-state index in [4.69, 9.17) is 16.2 Å². The lowest BCUT2D eigenvalue weighted by atomic mass is 10.1. The molecule has 1 atom stereocenters. The van der Waals surface area contributed by atoms with E-state index in [1.54, 1.807) is 6.92 Å². The second-order valence-electron chi connectivity index (χ2n) is 3.45. The Kier molecular flexibility index (Phi) is 7.49. The minimum absolute atomic E-state index is 0.0113. The summed E-state index contributed by atoms with van der Waals surface area (Å²) in [6.45, 7) is 3.75. The highest BCUT2D eigenvalue weighted by atomic mass is 16.5. The van der Waals surface area contributed by atoms with E-state index in [0.29, 0.717) is 19.4 Å². The fraction of sp³-hybridized carbons (Fsp3) is 0.700. The summed E-state index contributed by atoms with van der Waals surface area (Å²) in [4.78, 5) is 26.2. The highest BCUT2D eigenvalue weighted by Crippen LogP contribution is 2.01. The molecule has 0 aromatic rings. The molecule has 0 bridgehead atoms. The standard InChI is InChI=1S/C10H20N4O3/c1-3-17-9(16)8(14-7(2)15)5-4-6-13-10(11)12/h8H,3-6H2,1-2H3,(H,14,15)(H4,11,12,13). The molecule has 0 saturated carbocycles. The van der Waals surface area contributed by atoms with E-state index in [1.165, 1.54) is 6.92 Å². The van der Waals surface area contributed by atoms with Gasteiger partial charge in [0.15, 0.2) is 5.96 Å². The summed E-state index contributed by atoms with van der Waals surface area (Å²) in [7, 11) is 0. The second kappa shape index (κ2) is 8.37. The number of aliphatic imine (C=N–C) groups is 1. The average molecular weight is 244 g/mol. The van der Waals surface area contributed by atoms with Crippen molar-refractivity contribution in [1.29, 1.82) is 0 Å². The third kappa shape index (κ3) is 8.06. The Labute approximate surface area is 101 Å². The van der Waals surface area contributed by atoms with E-state index >= 15 is 0 Å². The molecule has 17 heavy (non-hydrogen) atoms. The third-order valence-electron chi connectivity index (χ3n) is 1.89. The number of carbonyl (C=O) groups excluding carboxylic acids is 2. The molecule has 0 fully saturated rings. The molecule has 1 amide bonds. The molecule has 0 aromatic heterocycles. The van der Waals surface area contributed by atoms with Gasteiger partial charge in [-0.25, -0.2) is 4.79 Å². The predicted octanol–water partition coefficient (Wildman–Crippen LogP) is -0.892. The summed E-state index contributed by atoms with van der Waals surface area (Å²) in [6, 6.07) is -0.637. The van der Waals surface area contributed by atoms with Crippen LogP contribution in [0, 0.1) is 0 Å². The molecule has 98 valence electrons. The summed E-state index contributed by atoms with van der Waals surface area (Å²) in [5.41, 5.74) is 10.3. The van der Waals surface area contributed by atoms with Gasteiger partial charge < -0.3 is 21.5 Å². The van der Waals surface area contributed by atoms with Crippen LogP contribution in [0.15, 0.2) is 4.99 Å². The Bertz CT molecular complexity index is 287. The summed E-state index contributed by atoms with van der Waals surface area (Å²) < 4.78 is 4.84. The number of esters is 1. The maximum atomic E-state index is 11.5. The van der Waals surface area contributed by atoms with Crippen LogP contribution in [0.2, 0.25) is 0 Å². The van der Waals surface area contributed by atoms with Crippen molar-refractivity contribution in [3.05, 3.63) is 0 Å². The molecule has 0 aliphatic rings. The Morgan fingerprint density at radius 3 is 2.53 bits per heavy atom. The van der Waals surface area contributed by atoms with Crippen molar-refractivity contribution in [3.63, 3.8) is 0 Å². The molecule has 5 N–H and O–H groups in total. The van der Waals surface area contributed by atoms with Gasteiger partial charge in [-0.15, -0.1) is 0 Å². The van der Waals surface area contributed by atoms with E-state index < -0.39 is 12.0 Å². The van der Waals surface area contributed by atoms with Crippen LogP contribution in [-0.2, 0) is 14.3 Å². The van der Waals surface area contributed by atoms with Crippen LogP contribution in [0.4, 0.5) is 0 Å². The first-order chi connectivity index (χ1) is 7.97. The highest BCUT2D eigenvalue weighted by Gasteiger charge is 2.19. The van der Waals surface area contributed by atoms with Crippen molar-refractivity contribution in [3.8, 4) is 0 Å². The number of nitrogens with two attached hydrogens (primary N) is 2. The molecular weight excluding hydrogens is 224 g/mol. The van der Waals surface area contributed by atoms with Crippen LogP contribution in [0.25, 0.3) is 0 Å². The van der Waals surface area contributed by atoms with E-state index in [2.05, 4.69) is 10.3 Å². The van der Waals surface area contributed by atoms with Crippen LogP contribution in [-0.4, -0.2) is 37.0 Å². The van der Waals surface area contributed by atoms with Crippen LogP contribution in [0.5, 0.6) is 0 Å². The largest absolute Gasteiger partial charge is 0.464 e. The van der Waals surface area contributed by atoms with Gasteiger partial charge in [-0.05, 0) is 19.8 Å². The van der Waals surface area contributed by atoms with E-state index in [1.807, 2.05) is 0 Å². The fourth-order valence-corrected chi connectivity index (χ4v) is 1.24. The lowest BCUT2D eigenvalue weighted by molar-refractivity contribution is -0.147. The molecule has 0 radical (unpaired) electrons. The molecule has 7 heteroatoms. The number of amides is 1. The minimum atomic E-state index is -0.637. The molecular formula is C10H20N4O3. The van der Waals surface area contributed by atoms with Crippen molar-refractivity contribution in [2.24, 2.45) is 16.5 Å². The number of nitrogens with zero attached hydrogens (tertiary/aromatic N) is 1. The number of carbonyl (C=O) groups is 2. The normalized spacial score (nSPS) is 11.4. The maximum Gasteiger partial charge on any atom is 0.328 e. The van der Waals surface area contributed by atoms with Gasteiger partial charge in [0, 0.05) is 13.5 Å². The zero-order valence-corrected chi connectivity index (χ0v) is 10.2. The first-order valence-corrected chi connectivity index (χ1v) is 5.46. The van der Waals surface area contributed by atoms with Gasteiger partial charge in [-0.1, -0.05) is 0 Å². The molecule has 0 heterocycles. The summed E-state index contributed by atoms with van der Waals surface area (Å²) in [5.74, 6) is -0.700. The molecule has 0 saturated heterocycles. The first kappa shape index (κ1) is 15.2. The van der Waals surface area contributed by atoms with Crippen LogP contribution < -0.4 is 16.8 Å². The lowest BCUT2D eigenvalue weighted by Crippen LogP contribution is -2.40. The summed E-state index contributed by atoms with van der Waals surface area (Å²) >= 11 is 0. The molecule has 1 unspecified atom stereocenters. The number of rotatable bonds is 7. The molecule has 7 nitrogen and oxygen atoms in total. The Balaban J connectivity index is 4.14. The second-order valence-corrected chi connectivity index (χ2v) is 3.45. The van der Waals surface area contributed by atoms with Gasteiger partial charge in [0.2, 0.25) is 5.91 Å². The molecule has 0 aliphatic carbocycles. The van der Waals surface area contributed by atoms with Crippen molar-refractivity contribution in [2.75, 3.05) is 13.2 Å². The van der Waals surface area contributed by atoms with Gasteiger partial charge in [0.1, 0.15) is 6.04 Å². The molecule has 0 rings (SSSR count). The average Bonchev–Trinajstić information content (AvgIpc) is 2.22. The third-order valence-corrected chi connectivity index (χ3v) is 1.89. The van der Waals surface area contributed by atoms with Crippen molar-refractivity contribution >= 4 is 17.8 Å². The van der Waals surface area contributed by atoms with E-state index in [9.17, 15) is 9.59 Å². The van der Waals surface area contributed by atoms with E-state index in [-0.39, 0.29) is 18.5 Å². The first-order valence-electron chi connectivity index (χ1n) is 5.46. The highest BCUT2D eigenvalue weighted by molar-refractivity contribution is 5.83. The molecule has 0 aromatic carbocycles. The van der Waals surface area contributed by atoms with Gasteiger partial charge in [0.25, 0.3) is 0 Å². The Morgan fingerprint density at radius 1 is 1.41 bits per heavy atom. The van der Waals surface area contributed by atoms with Crippen LogP contribution in [0.1, 0.15) is 26.7 Å². The monoisotopic (exact) mass is 244 g/mol. The Morgan fingerprint density at radius 2 is 2.06 bits per heavy atom. The summed E-state index contributed by atoms with van der Waals surface area (Å²) in [5, 5.41) is 2.53. The molecule has 0 aliphatic heterocycles. The van der Waals surface area contributed by atoms with Crippen molar-refractivity contribution in [2.45, 2.75) is 32.7 Å². The minimum Gasteiger partial charge on any atom is -0.464 e. The zero-order valence-electron chi connectivity index (χ0n) is 10.2. The van der Waals surface area contributed by atoms with Gasteiger partial charge in [-0.2, -0.15) is 0 Å². The number of hydrogen-bond donors (Lipinski definition) is 3. The topological polar surface area (TPSA) is 120 Å².